The third-order valence-corrected chi connectivity index (χ3v) is 4.61. The molecule has 4 rings (SSSR count). The number of amides is 1. The molecule has 1 amide bonds. The highest BCUT2D eigenvalue weighted by atomic mass is 16.1. The van der Waals surface area contributed by atoms with Crippen LogP contribution >= 0.6 is 0 Å². The zero-order valence-electron chi connectivity index (χ0n) is 16.0. The third kappa shape index (κ3) is 3.24. The van der Waals surface area contributed by atoms with Crippen molar-refractivity contribution < 1.29 is 4.79 Å². The second-order valence-corrected chi connectivity index (χ2v) is 6.96. The molecule has 0 aliphatic carbocycles. The minimum atomic E-state index is -0.227. The molecule has 6 heteroatoms. The van der Waals surface area contributed by atoms with E-state index in [1.807, 2.05) is 74.0 Å². The van der Waals surface area contributed by atoms with Crippen molar-refractivity contribution in [1.82, 2.24) is 19.7 Å². The zero-order chi connectivity index (χ0) is 19.7. The molecule has 0 spiro atoms. The Morgan fingerprint density at radius 3 is 2.61 bits per heavy atom. The molecule has 0 atom stereocenters. The molecule has 0 saturated carbocycles. The highest BCUT2D eigenvalue weighted by molar-refractivity contribution is 6.12. The molecule has 0 bridgehead atoms. The molecule has 28 heavy (non-hydrogen) atoms. The fourth-order valence-electron chi connectivity index (χ4n) is 3.13. The number of aryl methyl sites for hydroxylation is 1. The van der Waals surface area contributed by atoms with Gasteiger partial charge in [0.15, 0.2) is 5.65 Å². The van der Waals surface area contributed by atoms with E-state index in [-0.39, 0.29) is 11.9 Å². The molecule has 0 unspecified atom stereocenters. The molecule has 6 nitrogen and oxygen atoms in total. The van der Waals surface area contributed by atoms with E-state index in [0.717, 1.165) is 22.2 Å². The first-order valence-electron chi connectivity index (χ1n) is 9.21. The average Bonchev–Trinajstić information content (AvgIpc) is 3.14. The number of hydrogen-bond donors (Lipinski definition) is 1. The number of rotatable bonds is 4. The lowest BCUT2D eigenvalue weighted by molar-refractivity contribution is 0.102. The molecule has 0 radical (unpaired) electrons. The summed E-state index contributed by atoms with van der Waals surface area (Å²) < 4.78 is 1.84. The van der Waals surface area contributed by atoms with Crippen molar-refractivity contribution in [2.24, 2.45) is 0 Å². The second-order valence-electron chi connectivity index (χ2n) is 6.96. The summed E-state index contributed by atoms with van der Waals surface area (Å²) in [5, 5.41) is 8.10. The number of anilines is 1. The Morgan fingerprint density at radius 2 is 1.89 bits per heavy atom. The lowest BCUT2D eigenvalue weighted by Gasteiger charge is -2.11. The van der Waals surface area contributed by atoms with Crippen LogP contribution in [0.5, 0.6) is 0 Å². The van der Waals surface area contributed by atoms with Crippen LogP contribution in [0.15, 0.2) is 60.9 Å². The number of carbonyl (C=O) groups excluding carboxylic acids is 1. The van der Waals surface area contributed by atoms with Gasteiger partial charge in [0.1, 0.15) is 5.82 Å². The van der Waals surface area contributed by atoms with Gasteiger partial charge < -0.3 is 5.32 Å². The van der Waals surface area contributed by atoms with Crippen LogP contribution in [-0.2, 0) is 0 Å². The number of nitrogens with one attached hydrogen (secondary N) is 1. The van der Waals surface area contributed by atoms with Gasteiger partial charge in [0.05, 0.1) is 22.8 Å². The Balaban J connectivity index is 1.86. The number of fused-ring (bicyclic) bond motifs is 1. The van der Waals surface area contributed by atoms with Crippen molar-refractivity contribution in [3.8, 4) is 11.3 Å². The van der Waals surface area contributed by atoms with Crippen molar-refractivity contribution >= 4 is 22.8 Å². The Hall–Kier alpha value is -3.54. The lowest BCUT2D eigenvalue weighted by Crippen LogP contribution is -2.15. The number of carbonyl (C=O) groups is 1. The first kappa shape index (κ1) is 17.9. The van der Waals surface area contributed by atoms with Crippen LogP contribution in [-0.4, -0.2) is 25.7 Å². The normalized spacial score (nSPS) is 11.1. The molecule has 140 valence electrons. The van der Waals surface area contributed by atoms with Gasteiger partial charge in [-0.3, -0.25) is 4.79 Å². The first-order valence-corrected chi connectivity index (χ1v) is 9.21. The van der Waals surface area contributed by atoms with Crippen LogP contribution in [0, 0.1) is 6.92 Å². The van der Waals surface area contributed by atoms with Crippen molar-refractivity contribution in [2.75, 3.05) is 5.32 Å². The topological polar surface area (TPSA) is 72.7 Å². The number of benzene rings is 1. The molecule has 1 N–H and O–H groups in total. The van der Waals surface area contributed by atoms with Gasteiger partial charge in [-0.2, -0.15) is 5.10 Å². The number of hydrogen-bond acceptors (Lipinski definition) is 4. The summed E-state index contributed by atoms with van der Waals surface area (Å²) in [6.07, 6.45) is 3.37. The summed E-state index contributed by atoms with van der Waals surface area (Å²) in [6, 6.07) is 15.5. The predicted octanol–water partition coefficient (Wildman–Crippen LogP) is 4.63. The van der Waals surface area contributed by atoms with Crippen molar-refractivity contribution in [2.45, 2.75) is 26.8 Å². The van der Waals surface area contributed by atoms with Crippen LogP contribution in [0.2, 0.25) is 0 Å². The smallest absolute Gasteiger partial charge is 0.257 e. The Kier molecular flexibility index (Phi) is 4.61. The van der Waals surface area contributed by atoms with Gasteiger partial charge in [0, 0.05) is 17.8 Å². The summed E-state index contributed by atoms with van der Waals surface area (Å²) in [4.78, 5) is 22.2. The van der Waals surface area contributed by atoms with Crippen LogP contribution in [0.3, 0.4) is 0 Å². The lowest BCUT2D eigenvalue weighted by atomic mass is 10.1. The van der Waals surface area contributed by atoms with Gasteiger partial charge in [-0.25, -0.2) is 14.6 Å². The maximum atomic E-state index is 13.1. The standard InChI is InChI=1S/C22H21N5O/c1-14(2)27-21-18(13-24-27)17(12-19(25-21)16-9-5-4-6-10-16)22(28)26-20-15(3)8-7-11-23-20/h4-14H,1-3H3,(H,23,26,28). The van der Waals surface area contributed by atoms with Crippen LogP contribution in [0.4, 0.5) is 5.82 Å². The van der Waals surface area contributed by atoms with E-state index in [2.05, 4.69) is 15.4 Å². The molecule has 0 aliphatic heterocycles. The predicted molar refractivity (Wildman–Crippen MR) is 110 cm³/mol. The molecule has 3 heterocycles. The first-order chi connectivity index (χ1) is 13.5. The second kappa shape index (κ2) is 7.23. The Labute approximate surface area is 163 Å². The van der Waals surface area contributed by atoms with E-state index < -0.39 is 0 Å². The van der Waals surface area contributed by atoms with Gasteiger partial charge in [-0.15, -0.1) is 0 Å². The quantitative estimate of drug-likeness (QED) is 0.567. The van der Waals surface area contributed by atoms with Crippen LogP contribution < -0.4 is 5.32 Å². The monoisotopic (exact) mass is 371 g/mol. The van der Waals surface area contributed by atoms with Crippen LogP contribution in [0.1, 0.15) is 35.8 Å². The van der Waals surface area contributed by atoms with Crippen molar-refractivity contribution in [1.29, 1.82) is 0 Å². The van der Waals surface area contributed by atoms with Crippen molar-refractivity contribution in [3.63, 3.8) is 0 Å². The summed E-state index contributed by atoms with van der Waals surface area (Å²) >= 11 is 0. The summed E-state index contributed by atoms with van der Waals surface area (Å²) in [5.41, 5.74) is 3.81. The number of pyridine rings is 2. The minimum absolute atomic E-state index is 0.130. The van der Waals surface area contributed by atoms with Gasteiger partial charge in [0.2, 0.25) is 0 Å². The minimum Gasteiger partial charge on any atom is -0.306 e. The van der Waals surface area contributed by atoms with E-state index >= 15 is 0 Å². The SMILES string of the molecule is Cc1cccnc1NC(=O)c1cc(-c2ccccc2)nc2c1cnn2C(C)C. The van der Waals surface area contributed by atoms with E-state index in [0.29, 0.717) is 17.0 Å². The molecule has 3 aromatic heterocycles. The van der Waals surface area contributed by atoms with E-state index in [1.165, 1.54) is 0 Å². The fraction of sp³-hybridized carbons (Fsp3) is 0.182. The third-order valence-electron chi connectivity index (χ3n) is 4.61. The van der Waals surface area contributed by atoms with Gasteiger partial charge >= 0.3 is 0 Å². The number of aromatic nitrogens is 4. The Morgan fingerprint density at radius 1 is 1.11 bits per heavy atom. The van der Waals surface area contributed by atoms with Crippen LogP contribution in [0.25, 0.3) is 22.3 Å². The molecule has 0 saturated heterocycles. The largest absolute Gasteiger partial charge is 0.306 e. The number of nitrogens with zero attached hydrogens (tertiary/aromatic N) is 4. The van der Waals surface area contributed by atoms with Gasteiger partial charge in [-0.05, 0) is 38.5 Å². The molecule has 1 aromatic carbocycles. The maximum absolute atomic E-state index is 13.1. The summed E-state index contributed by atoms with van der Waals surface area (Å²) in [5.74, 6) is 0.324. The maximum Gasteiger partial charge on any atom is 0.257 e. The average molecular weight is 371 g/mol. The molecule has 4 aromatic rings. The summed E-state index contributed by atoms with van der Waals surface area (Å²) in [6.45, 7) is 6.00. The van der Waals surface area contributed by atoms with E-state index in [1.54, 1.807) is 12.4 Å². The zero-order valence-corrected chi connectivity index (χ0v) is 16.0. The highest BCUT2D eigenvalue weighted by Gasteiger charge is 2.19. The Bertz CT molecular complexity index is 1150. The van der Waals surface area contributed by atoms with E-state index in [4.69, 9.17) is 4.98 Å². The molecule has 0 fully saturated rings. The van der Waals surface area contributed by atoms with Gasteiger partial charge in [0.25, 0.3) is 5.91 Å². The molecule has 0 aliphatic rings. The van der Waals surface area contributed by atoms with Gasteiger partial charge in [-0.1, -0.05) is 36.4 Å². The van der Waals surface area contributed by atoms with E-state index in [9.17, 15) is 4.79 Å². The van der Waals surface area contributed by atoms with Crippen molar-refractivity contribution in [3.05, 3.63) is 72.1 Å². The molecular formula is C22H21N5O. The highest BCUT2D eigenvalue weighted by Crippen LogP contribution is 2.27. The fourth-order valence-corrected chi connectivity index (χ4v) is 3.13. The molecular weight excluding hydrogens is 350 g/mol. The summed E-state index contributed by atoms with van der Waals surface area (Å²) in [7, 11) is 0.